The van der Waals surface area contributed by atoms with Crippen LogP contribution in [-0.2, 0) is 20.8 Å². The van der Waals surface area contributed by atoms with Crippen LogP contribution in [0.4, 0.5) is 11.4 Å². The summed E-state index contributed by atoms with van der Waals surface area (Å²) < 4.78 is 11.1. The fraction of sp³-hybridized carbons (Fsp3) is 0.367. The Labute approximate surface area is 233 Å². The SMILES string of the molecule is COc1ccc([C@H](C(=O)NC2CCCCC2)N(C(=O)Cc2cccs2)c2ccc(NC(C)=O)cc2)c(OC)c1. The number of methoxy groups -OCH3 is 2. The second kappa shape index (κ2) is 13.3. The van der Waals surface area contributed by atoms with Crippen molar-refractivity contribution in [3.8, 4) is 11.5 Å². The molecule has 1 aliphatic rings. The van der Waals surface area contributed by atoms with E-state index in [0.717, 1.165) is 37.0 Å². The van der Waals surface area contributed by atoms with E-state index in [1.54, 1.807) is 54.5 Å². The number of nitrogens with one attached hydrogen (secondary N) is 2. The van der Waals surface area contributed by atoms with Crippen molar-refractivity contribution < 1.29 is 23.9 Å². The molecule has 206 valence electrons. The van der Waals surface area contributed by atoms with Crippen molar-refractivity contribution in [1.29, 1.82) is 0 Å². The van der Waals surface area contributed by atoms with E-state index in [0.29, 0.717) is 28.4 Å². The fourth-order valence-electron chi connectivity index (χ4n) is 4.96. The van der Waals surface area contributed by atoms with E-state index in [1.807, 2.05) is 17.5 Å². The highest BCUT2D eigenvalue weighted by Crippen LogP contribution is 2.37. The molecule has 1 aliphatic carbocycles. The second-order valence-electron chi connectivity index (χ2n) is 9.60. The summed E-state index contributed by atoms with van der Waals surface area (Å²) in [4.78, 5) is 42.1. The molecule has 0 spiro atoms. The number of rotatable bonds is 10. The number of hydrogen-bond donors (Lipinski definition) is 2. The topological polar surface area (TPSA) is 97.0 Å². The Kier molecular flexibility index (Phi) is 9.59. The highest BCUT2D eigenvalue weighted by Gasteiger charge is 2.36. The number of benzene rings is 2. The number of thiophene rings is 1. The van der Waals surface area contributed by atoms with Crippen LogP contribution in [0.1, 0.15) is 55.5 Å². The Morgan fingerprint density at radius 3 is 2.36 bits per heavy atom. The summed E-state index contributed by atoms with van der Waals surface area (Å²) in [7, 11) is 3.10. The zero-order valence-electron chi connectivity index (χ0n) is 22.6. The van der Waals surface area contributed by atoms with Crippen LogP contribution >= 0.6 is 11.3 Å². The van der Waals surface area contributed by atoms with Gasteiger partial charge in [0.05, 0.1) is 20.6 Å². The first-order valence-electron chi connectivity index (χ1n) is 13.1. The molecular formula is C30H35N3O5S. The van der Waals surface area contributed by atoms with Gasteiger partial charge in [0.1, 0.15) is 17.5 Å². The van der Waals surface area contributed by atoms with Crippen LogP contribution in [0.2, 0.25) is 0 Å². The minimum atomic E-state index is -0.994. The summed E-state index contributed by atoms with van der Waals surface area (Å²) in [6.07, 6.45) is 5.24. The number of hydrogen-bond acceptors (Lipinski definition) is 6. The summed E-state index contributed by atoms with van der Waals surface area (Å²) in [6.45, 7) is 1.44. The van der Waals surface area contributed by atoms with Crippen LogP contribution in [-0.4, -0.2) is 38.0 Å². The molecule has 0 aliphatic heterocycles. The Bertz CT molecular complexity index is 1270. The molecule has 0 bridgehead atoms. The number of nitrogens with zero attached hydrogens (tertiary/aromatic N) is 1. The lowest BCUT2D eigenvalue weighted by molar-refractivity contribution is -0.127. The minimum absolute atomic E-state index is 0.0504. The van der Waals surface area contributed by atoms with E-state index in [1.165, 1.54) is 25.4 Å². The Morgan fingerprint density at radius 1 is 1.00 bits per heavy atom. The van der Waals surface area contributed by atoms with E-state index < -0.39 is 6.04 Å². The molecule has 39 heavy (non-hydrogen) atoms. The average Bonchev–Trinajstić information content (AvgIpc) is 3.45. The lowest BCUT2D eigenvalue weighted by Gasteiger charge is -2.34. The third kappa shape index (κ3) is 7.17. The molecule has 1 saturated carbocycles. The maximum atomic E-state index is 14.1. The van der Waals surface area contributed by atoms with Gasteiger partial charge in [-0.2, -0.15) is 0 Å². The molecule has 8 nitrogen and oxygen atoms in total. The van der Waals surface area contributed by atoms with Crippen molar-refractivity contribution in [2.45, 2.75) is 57.5 Å². The third-order valence-electron chi connectivity index (χ3n) is 6.83. The number of carbonyl (C=O) groups excluding carboxylic acids is 3. The van der Waals surface area contributed by atoms with E-state index >= 15 is 0 Å². The monoisotopic (exact) mass is 549 g/mol. The second-order valence-corrected chi connectivity index (χ2v) is 10.6. The van der Waals surface area contributed by atoms with Gasteiger partial charge in [0.15, 0.2) is 0 Å². The molecule has 2 N–H and O–H groups in total. The normalized spacial score (nSPS) is 14.2. The number of carbonyl (C=O) groups is 3. The molecule has 1 atom stereocenters. The predicted molar refractivity (Wildman–Crippen MR) is 154 cm³/mol. The minimum Gasteiger partial charge on any atom is -0.497 e. The number of ether oxygens (including phenoxy) is 2. The van der Waals surface area contributed by atoms with E-state index in [4.69, 9.17) is 9.47 Å². The van der Waals surface area contributed by atoms with Gasteiger partial charge in [0.2, 0.25) is 17.7 Å². The van der Waals surface area contributed by atoms with E-state index in [9.17, 15) is 14.4 Å². The maximum absolute atomic E-state index is 14.1. The smallest absolute Gasteiger partial charge is 0.248 e. The standard InChI is InChI=1S/C30H35N3O5S/c1-20(34)31-22-11-13-23(14-12-22)33(28(35)19-25-10-7-17-39-25)29(30(36)32-21-8-5-4-6-9-21)26-16-15-24(37-2)18-27(26)38-3/h7,10-18,21,29H,4-6,8-9,19H2,1-3H3,(H,31,34)(H,32,36)/t29-/m1/s1. The van der Waals surface area contributed by atoms with Crippen LogP contribution in [0, 0.1) is 0 Å². The van der Waals surface area contributed by atoms with Crippen molar-refractivity contribution in [2.24, 2.45) is 0 Å². The molecule has 0 radical (unpaired) electrons. The lowest BCUT2D eigenvalue weighted by atomic mass is 9.94. The predicted octanol–water partition coefficient (Wildman–Crippen LogP) is 5.49. The number of anilines is 2. The van der Waals surface area contributed by atoms with Crippen LogP contribution in [0.5, 0.6) is 11.5 Å². The van der Waals surface area contributed by atoms with Crippen molar-refractivity contribution in [3.05, 3.63) is 70.4 Å². The lowest BCUT2D eigenvalue weighted by Crippen LogP contribution is -2.47. The van der Waals surface area contributed by atoms with Crippen molar-refractivity contribution in [1.82, 2.24) is 5.32 Å². The van der Waals surface area contributed by atoms with Gasteiger partial charge in [-0.3, -0.25) is 19.3 Å². The largest absolute Gasteiger partial charge is 0.497 e. The van der Waals surface area contributed by atoms with Crippen molar-refractivity contribution >= 4 is 40.4 Å². The van der Waals surface area contributed by atoms with Crippen molar-refractivity contribution in [2.75, 3.05) is 24.4 Å². The zero-order valence-corrected chi connectivity index (χ0v) is 23.4. The van der Waals surface area contributed by atoms with Gasteiger partial charge in [-0.05, 0) is 60.7 Å². The van der Waals surface area contributed by atoms with E-state index in [-0.39, 0.29) is 30.2 Å². The molecule has 1 aromatic heterocycles. The van der Waals surface area contributed by atoms with Crippen molar-refractivity contribution in [3.63, 3.8) is 0 Å². The van der Waals surface area contributed by atoms with Gasteiger partial charge >= 0.3 is 0 Å². The highest BCUT2D eigenvalue weighted by atomic mass is 32.1. The Morgan fingerprint density at radius 2 is 1.74 bits per heavy atom. The molecule has 3 aromatic rings. The molecular weight excluding hydrogens is 514 g/mol. The first kappa shape index (κ1) is 28.2. The molecule has 0 unspecified atom stereocenters. The van der Waals surface area contributed by atoms with Crippen LogP contribution in [0.15, 0.2) is 60.0 Å². The van der Waals surface area contributed by atoms with Gasteiger partial charge in [-0.15, -0.1) is 11.3 Å². The summed E-state index contributed by atoms with van der Waals surface area (Å²) in [5.41, 5.74) is 1.69. The molecule has 4 rings (SSSR count). The first-order chi connectivity index (χ1) is 18.9. The quantitative estimate of drug-likeness (QED) is 0.349. The third-order valence-corrected chi connectivity index (χ3v) is 7.71. The van der Waals surface area contributed by atoms with Crippen LogP contribution in [0.3, 0.4) is 0 Å². The average molecular weight is 550 g/mol. The van der Waals surface area contributed by atoms with Crippen LogP contribution in [0.25, 0.3) is 0 Å². The summed E-state index contributed by atoms with van der Waals surface area (Å²) in [6, 6.07) is 15.1. The Hall–Kier alpha value is -3.85. The van der Waals surface area contributed by atoms with E-state index in [2.05, 4.69) is 10.6 Å². The summed E-state index contributed by atoms with van der Waals surface area (Å²) in [5.74, 6) is 0.336. The molecule has 0 saturated heterocycles. The Balaban J connectivity index is 1.81. The van der Waals surface area contributed by atoms with Gasteiger partial charge in [-0.1, -0.05) is 25.3 Å². The zero-order chi connectivity index (χ0) is 27.8. The van der Waals surface area contributed by atoms with Gasteiger partial charge in [-0.25, -0.2) is 0 Å². The summed E-state index contributed by atoms with van der Waals surface area (Å²) >= 11 is 1.49. The molecule has 1 heterocycles. The molecule has 3 amide bonds. The highest BCUT2D eigenvalue weighted by molar-refractivity contribution is 7.10. The van der Waals surface area contributed by atoms with Crippen LogP contribution < -0.4 is 25.0 Å². The first-order valence-corrected chi connectivity index (χ1v) is 14.0. The number of amides is 3. The summed E-state index contributed by atoms with van der Waals surface area (Å²) in [5, 5.41) is 7.90. The maximum Gasteiger partial charge on any atom is 0.248 e. The molecule has 2 aromatic carbocycles. The van der Waals surface area contributed by atoms with Gasteiger partial charge < -0.3 is 20.1 Å². The molecule has 9 heteroatoms. The van der Waals surface area contributed by atoms with Gasteiger partial charge in [0, 0.05) is 40.8 Å². The fourth-order valence-corrected chi connectivity index (χ4v) is 5.66. The van der Waals surface area contributed by atoms with Gasteiger partial charge in [0.25, 0.3) is 0 Å². The molecule has 1 fully saturated rings.